The summed E-state index contributed by atoms with van der Waals surface area (Å²) >= 11 is 0. The summed E-state index contributed by atoms with van der Waals surface area (Å²) in [5.74, 6) is 2.46. The number of hydrogen-bond acceptors (Lipinski definition) is 7. The van der Waals surface area contributed by atoms with Crippen molar-refractivity contribution < 1.29 is 8.42 Å². The predicted octanol–water partition coefficient (Wildman–Crippen LogP) is 3.65. The fourth-order valence-electron chi connectivity index (χ4n) is 4.90. The molecule has 2 aliphatic rings. The Morgan fingerprint density at radius 2 is 1.81 bits per heavy atom. The highest BCUT2D eigenvalue weighted by Crippen LogP contribution is 2.44. The smallest absolute Gasteiger partial charge is 0.175 e. The van der Waals surface area contributed by atoms with Crippen LogP contribution in [0.15, 0.2) is 35.5 Å². The van der Waals surface area contributed by atoms with E-state index >= 15 is 0 Å². The van der Waals surface area contributed by atoms with E-state index in [1.54, 1.807) is 30.6 Å². The Bertz CT molecular complexity index is 1230. The SMILES string of the molecule is CC[C@@H]1c2nncn2-c2c(C)nc(-c3ccc(S(C)(=O)=O)cc3)nc2N1C1CCCC1. The number of fused-ring (bicyclic) bond motifs is 3. The number of hydrogen-bond donors (Lipinski definition) is 0. The molecule has 3 aromatic rings. The Morgan fingerprint density at radius 3 is 2.45 bits per heavy atom. The fourth-order valence-corrected chi connectivity index (χ4v) is 5.53. The van der Waals surface area contributed by atoms with Gasteiger partial charge in [-0.1, -0.05) is 19.8 Å². The Morgan fingerprint density at radius 1 is 1.10 bits per heavy atom. The van der Waals surface area contributed by atoms with E-state index in [1.807, 2.05) is 11.5 Å². The molecule has 3 heterocycles. The van der Waals surface area contributed by atoms with Gasteiger partial charge in [-0.3, -0.25) is 4.57 Å². The number of nitrogens with zero attached hydrogens (tertiary/aromatic N) is 6. The van der Waals surface area contributed by atoms with Crippen LogP contribution in [0, 0.1) is 6.92 Å². The van der Waals surface area contributed by atoms with Crippen LogP contribution in [-0.2, 0) is 9.84 Å². The molecule has 1 atom stereocenters. The Hall–Kier alpha value is -2.81. The van der Waals surface area contributed by atoms with Crippen molar-refractivity contribution in [1.82, 2.24) is 24.7 Å². The van der Waals surface area contributed by atoms with Crippen LogP contribution in [0.25, 0.3) is 17.1 Å². The third-order valence-electron chi connectivity index (χ3n) is 6.38. The summed E-state index contributed by atoms with van der Waals surface area (Å²) in [5.41, 5.74) is 2.59. The maximum absolute atomic E-state index is 11.8. The molecule has 8 nitrogen and oxygen atoms in total. The summed E-state index contributed by atoms with van der Waals surface area (Å²) in [6, 6.07) is 7.33. The van der Waals surface area contributed by atoms with Gasteiger partial charge in [0, 0.05) is 17.9 Å². The monoisotopic (exact) mass is 438 g/mol. The summed E-state index contributed by atoms with van der Waals surface area (Å²) in [7, 11) is -3.25. The summed E-state index contributed by atoms with van der Waals surface area (Å²) in [6.07, 6.45) is 8.61. The van der Waals surface area contributed by atoms with E-state index in [2.05, 4.69) is 22.0 Å². The van der Waals surface area contributed by atoms with Gasteiger partial charge in [-0.15, -0.1) is 10.2 Å². The highest BCUT2D eigenvalue weighted by atomic mass is 32.2. The molecule has 0 amide bonds. The minimum Gasteiger partial charge on any atom is -0.341 e. The van der Waals surface area contributed by atoms with Crippen molar-refractivity contribution in [3.63, 3.8) is 0 Å². The zero-order chi connectivity index (χ0) is 21.8. The van der Waals surface area contributed by atoms with E-state index in [-0.39, 0.29) is 6.04 Å². The van der Waals surface area contributed by atoms with Crippen LogP contribution in [-0.4, -0.2) is 45.4 Å². The third-order valence-corrected chi connectivity index (χ3v) is 7.51. The molecule has 0 spiro atoms. The number of sulfone groups is 1. The molecule has 0 N–H and O–H groups in total. The zero-order valence-corrected chi connectivity index (χ0v) is 18.8. The van der Waals surface area contributed by atoms with Gasteiger partial charge in [0.2, 0.25) is 0 Å². The molecule has 1 fully saturated rings. The second-order valence-electron chi connectivity index (χ2n) is 8.43. The van der Waals surface area contributed by atoms with Crippen molar-refractivity contribution in [3.8, 4) is 17.1 Å². The molecule has 2 aromatic heterocycles. The molecule has 1 aromatic carbocycles. The van der Waals surface area contributed by atoms with Crippen LogP contribution >= 0.6 is 0 Å². The molecule has 9 heteroatoms. The van der Waals surface area contributed by atoms with Crippen LogP contribution in [0.1, 0.15) is 56.6 Å². The van der Waals surface area contributed by atoms with Gasteiger partial charge >= 0.3 is 0 Å². The lowest BCUT2D eigenvalue weighted by atomic mass is 10.0. The summed E-state index contributed by atoms with van der Waals surface area (Å²) < 4.78 is 25.7. The quantitative estimate of drug-likeness (QED) is 0.614. The first-order chi connectivity index (χ1) is 14.9. The maximum Gasteiger partial charge on any atom is 0.175 e. The van der Waals surface area contributed by atoms with Gasteiger partial charge in [-0.25, -0.2) is 18.4 Å². The van der Waals surface area contributed by atoms with E-state index in [4.69, 9.17) is 9.97 Å². The first-order valence-electron chi connectivity index (χ1n) is 10.8. The number of anilines is 1. The number of aromatic nitrogens is 5. The molecule has 0 saturated heterocycles. The molecular weight excluding hydrogens is 412 g/mol. The Labute approximate surface area is 182 Å². The predicted molar refractivity (Wildman–Crippen MR) is 118 cm³/mol. The van der Waals surface area contributed by atoms with Gasteiger partial charge in [-0.2, -0.15) is 0 Å². The fraction of sp³-hybridized carbons (Fsp3) is 0.455. The first-order valence-corrected chi connectivity index (χ1v) is 12.7. The number of rotatable bonds is 4. The molecule has 1 aliphatic heterocycles. The normalized spacial score (nSPS) is 18.8. The first kappa shape index (κ1) is 20.1. The molecule has 162 valence electrons. The van der Waals surface area contributed by atoms with E-state index in [1.165, 1.54) is 19.1 Å². The van der Waals surface area contributed by atoms with Crippen molar-refractivity contribution in [3.05, 3.63) is 42.1 Å². The minimum absolute atomic E-state index is 0.118. The van der Waals surface area contributed by atoms with Crippen molar-refractivity contribution in [2.45, 2.75) is 62.9 Å². The largest absolute Gasteiger partial charge is 0.341 e. The van der Waals surface area contributed by atoms with Gasteiger partial charge < -0.3 is 4.90 Å². The van der Waals surface area contributed by atoms with Crippen LogP contribution in [0.2, 0.25) is 0 Å². The summed E-state index contributed by atoms with van der Waals surface area (Å²) in [6.45, 7) is 4.16. The van der Waals surface area contributed by atoms with Crippen molar-refractivity contribution >= 4 is 15.7 Å². The molecule has 1 aliphatic carbocycles. The third kappa shape index (κ3) is 3.31. The van der Waals surface area contributed by atoms with E-state index in [0.717, 1.165) is 47.8 Å². The standard InChI is InChI=1S/C22H26N6O2S/c1-4-18-21-26-23-13-27(21)19-14(2)24-20(15-9-11-17(12-10-15)31(3,29)30)25-22(19)28(18)16-7-5-6-8-16/h9-13,16,18H,4-8H2,1-3H3/t18-/m1/s1. The lowest BCUT2D eigenvalue weighted by Crippen LogP contribution is -2.42. The average Bonchev–Trinajstić information content (AvgIpc) is 3.44. The van der Waals surface area contributed by atoms with Crippen LogP contribution in [0.3, 0.4) is 0 Å². The van der Waals surface area contributed by atoms with E-state index < -0.39 is 9.84 Å². The number of aryl methyl sites for hydroxylation is 1. The topological polar surface area (TPSA) is 93.9 Å². The minimum atomic E-state index is -3.25. The van der Waals surface area contributed by atoms with Gasteiger partial charge in [0.05, 0.1) is 16.6 Å². The van der Waals surface area contributed by atoms with E-state index in [0.29, 0.717) is 16.8 Å². The highest BCUT2D eigenvalue weighted by molar-refractivity contribution is 7.90. The van der Waals surface area contributed by atoms with Gasteiger partial charge in [0.1, 0.15) is 12.0 Å². The van der Waals surface area contributed by atoms with Crippen LogP contribution < -0.4 is 4.90 Å². The molecule has 1 saturated carbocycles. The molecule has 0 radical (unpaired) electrons. The molecule has 31 heavy (non-hydrogen) atoms. The van der Waals surface area contributed by atoms with Gasteiger partial charge in [-0.05, 0) is 50.5 Å². The number of benzene rings is 1. The molecule has 0 unspecified atom stereocenters. The van der Waals surface area contributed by atoms with Gasteiger partial charge in [0.15, 0.2) is 27.3 Å². The average molecular weight is 439 g/mol. The second-order valence-corrected chi connectivity index (χ2v) is 10.4. The maximum atomic E-state index is 11.8. The molecular formula is C22H26N6O2S. The van der Waals surface area contributed by atoms with Crippen molar-refractivity contribution in [2.24, 2.45) is 0 Å². The summed E-state index contributed by atoms with van der Waals surface area (Å²) in [4.78, 5) is 12.5. The zero-order valence-electron chi connectivity index (χ0n) is 18.0. The van der Waals surface area contributed by atoms with Crippen molar-refractivity contribution in [1.29, 1.82) is 0 Å². The molecule has 0 bridgehead atoms. The highest BCUT2D eigenvalue weighted by Gasteiger charge is 2.39. The Balaban J connectivity index is 1.68. The molecule has 5 rings (SSSR count). The van der Waals surface area contributed by atoms with Crippen LogP contribution in [0.5, 0.6) is 0 Å². The van der Waals surface area contributed by atoms with Crippen molar-refractivity contribution in [2.75, 3.05) is 11.2 Å². The van der Waals surface area contributed by atoms with Crippen LogP contribution in [0.4, 0.5) is 5.82 Å². The Kier molecular flexibility index (Phi) is 4.80. The van der Waals surface area contributed by atoms with Gasteiger partial charge in [0.25, 0.3) is 0 Å². The lowest BCUT2D eigenvalue weighted by Gasteiger charge is -2.41. The summed E-state index contributed by atoms with van der Waals surface area (Å²) in [5, 5.41) is 8.63. The second kappa shape index (κ2) is 7.40. The lowest BCUT2D eigenvalue weighted by molar-refractivity contribution is 0.468. The van der Waals surface area contributed by atoms with E-state index in [9.17, 15) is 8.42 Å².